The lowest BCUT2D eigenvalue weighted by Crippen LogP contribution is -2.57. The quantitative estimate of drug-likeness (QED) is 0.429. The maximum atomic E-state index is 13.5. The van der Waals surface area contributed by atoms with Gasteiger partial charge in [-0.1, -0.05) is 43.3 Å². The van der Waals surface area contributed by atoms with Crippen molar-refractivity contribution in [3.63, 3.8) is 0 Å². The molecule has 4 rings (SSSR count). The second-order valence-electron chi connectivity index (χ2n) is 8.85. The lowest BCUT2D eigenvalue weighted by Gasteiger charge is -2.42. The number of pyridine rings is 1. The van der Waals surface area contributed by atoms with Crippen LogP contribution in [-0.4, -0.2) is 41.2 Å². The molecule has 7 nitrogen and oxygen atoms in total. The molecule has 8 heteroatoms. The van der Waals surface area contributed by atoms with E-state index in [-0.39, 0.29) is 18.3 Å². The summed E-state index contributed by atoms with van der Waals surface area (Å²) in [6.07, 6.45) is 3.95. The van der Waals surface area contributed by atoms with Crippen molar-refractivity contribution in [2.24, 2.45) is 5.73 Å². The van der Waals surface area contributed by atoms with Crippen LogP contribution < -0.4 is 11.1 Å². The number of esters is 1. The number of aliphatic hydroxyl groups excluding tert-OH is 1. The summed E-state index contributed by atoms with van der Waals surface area (Å²) in [5.74, 6) is -1.49. The molecule has 3 aromatic rings. The number of cyclic esters (lactones) is 1. The molecule has 1 amide bonds. The highest BCUT2D eigenvalue weighted by Crippen LogP contribution is 2.36. The first kappa shape index (κ1) is 24.5. The van der Waals surface area contributed by atoms with Crippen LogP contribution in [0.3, 0.4) is 0 Å². The number of amides is 1. The van der Waals surface area contributed by atoms with Crippen LogP contribution >= 0.6 is 0 Å². The summed E-state index contributed by atoms with van der Waals surface area (Å²) >= 11 is 0. The number of nitrogens with two attached hydrogens (primary N) is 1. The molecule has 0 aliphatic carbocycles. The average Bonchev–Trinajstić information content (AvgIpc) is 2.87. The van der Waals surface area contributed by atoms with Gasteiger partial charge in [0.05, 0.1) is 5.56 Å². The zero-order chi connectivity index (χ0) is 25.0. The lowest BCUT2D eigenvalue weighted by atomic mass is 9.84. The van der Waals surface area contributed by atoms with Crippen LogP contribution in [0.1, 0.15) is 47.2 Å². The summed E-state index contributed by atoms with van der Waals surface area (Å²) in [5.41, 5.74) is 7.98. The molecule has 0 spiro atoms. The first-order valence-corrected chi connectivity index (χ1v) is 11.5. The normalized spacial score (nSPS) is 20.8. The second-order valence-corrected chi connectivity index (χ2v) is 8.85. The summed E-state index contributed by atoms with van der Waals surface area (Å²) in [6.45, 7) is 2.26. The van der Waals surface area contributed by atoms with Gasteiger partial charge in [0.15, 0.2) is 0 Å². The molecule has 35 heavy (non-hydrogen) atoms. The number of halogens is 1. The molecule has 1 aliphatic rings. The van der Waals surface area contributed by atoms with E-state index in [9.17, 15) is 19.1 Å². The van der Waals surface area contributed by atoms with Gasteiger partial charge >= 0.3 is 5.97 Å². The molecule has 1 fully saturated rings. The van der Waals surface area contributed by atoms with Gasteiger partial charge in [0.1, 0.15) is 17.5 Å². The molecule has 2 heterocycles. The van der Waals surface area contributed by atoms with E-state index in [2.05, 4.69) is 10.3 Å². The van der Waals surface area contributed by atoms with Gasteiger partial charge in [0, 0.05) is 37.0 Å². The minimum atomic E-state index is -0.966. The molecule has 0 radical (unpaired) electrons. The zero-order valence-corrected chi connectivity index (χ0v) is 19.4. The number of morpholine rings is 1. The average molecular weight is 478 g/mol. The van der Waals surface area contributed by atoms with Crippen LogP contribution in [0.2, 0.25) is 0 Å². The number of aliphatic hydroxyl groups is 1. The van der Waals surface area contributed by atoms with Gasteiger partial charge in [-0.3, -0.25) is 19.9 Å². The third-order valence-electron chi connectivity index (χ3n) is 6.56. The number of carbonyl (C=O) groups is 2. The summed E-state index contributed by atoms with van der Waals surface area (Å²) in [4.78, 5) is 28.7. The number of ether oxygens (including phenoxy) is 1. The molecular formula is C27H28FN3O4. The van der Waals surface area contributed by atoms with Gasteiger partial charge in [-0.2, -0.15) is 0 Å². The van der Waals surface area contributed by atoms with E-state index in [1.54, 1.807) is 24.4 Å². The van der Waals surface area contributed by atoms with Gasteiger partial charge in [0.2, 0.25) is 5.91 Å². The highest BCUT2D eigenvalue weighted by Gasteiger charge is 2.44. The van der Waals surface area contributed by atoms with Crippen molar-refractivity contribution in [1.29, 1.82) is 0 Å². The van der Waals surface area contributed by atoms with Crippen molar-refractivity contribution in [2.45, 2.75) is 37.3 Å². The fourth-order valence-electron chi connectivity index (χ4n) is 4.50. The largest absolute Gasteiger partial charge is 0.452 e. The maximum Gasteiger partial charge on any atom is 0.324 e. The van der Waals surface area contributed by atoms with Crippen molar-refractivity contribution < 1.29 is 23.8 Å². The van der Waals surface area contributed by atoms with Crippen molar-refractivity contribution >= 4 is 11.9 Å². The predicted octanol–water partition coefficient (Wildman–Crippen LogP) is 3.27. The van der Waals surface area contributed by atoms with Gasteiger partial charge in [-0.25, -0.2) is 4.39 Å². The molecule has 2 aromatic carbocycles. The first-order valence-electron chi connectivity index (χ1n) is 11.5. The molecule has 1 saturated heterocycles. The van der Waals surface area contributed by atoms with E-state index in [0.29, 0.717) is 30.5 Å². The van der Waals surface area contributed by atoms with E-state index in [4.69, 9.17) is 10.5 Å². The lowest BCUT2D eigenvalue weighted by molar-refractivity contribution is -0.173. The van der Waals surface area contributed by atoms with Gasteiger partial charge in [-0.15, -0.1) is 0 Å². The summed E-state index contributed by atoms with van der Waals surface area (Å²) < 4.78 is 19.5. The molecule has 3 atom stereocenters. The third kappa shape index (κ3) is 5.23. The van der Waals surface area contributed by atoms with Gasteiger partial charge in [-0.05, 0) is 47.7 Å². The van der Waals surface area contributed by atoms with E-state index >= 15 is 0 Å². The molecule has 0 saturated carbocycles. The Bertz CT molecular complexity index is 1200. The number of aromatic nitrogens is 1. The van der Waals surface area contributed by atoms with Crippen LogP contribution in [0.25, 0.3) is 11.1 Å². The smallest absolute Gasteiger partial charge is 0.324 e. The molecule has 1 aliphatic heterocycles. The Labute approximate surface area is 203 Å². The Kier molecular flexibility index (Phi) is 7.23. The Morgan fingerprint density at radius 3 is 2.54 bits per heavy atom. The number of hydrogen-bond acceptors (Lipinski definition) is 6. The van der Waals surface area contributed by atoms with Gasteiger partial charge < -0.3 is 15.6 Å². The van der Waals surface area contributed by atoms with E-state index < -0.39 is 23.5 Å². The molecule has 0 bridgehead atoms. The van der Waals surface area contributed by atoms with Crippen molar-refractivity contribution in [3.05, 3.63) is 89.5 Å². The van der Waals surface area contributed by atoms with Crippen molar-refractivity contribution in [1.82, 2.24) is 10.3 Å². The standard InChI is InChI=1S/C27H28FN3O4/c1-17(18-3-5-19(6-4-18)20-13-21(25(29)33)15-30-14-20)24-26(34)35-27(16-31-24,11-2-12-32)22-7-9-23(28)10-8-22/h3-10,13-15,17,24,31-32H,2,11-12,16H2,1H3,(H2,29,33)/t17-,24?,27-/m0/s1. The van der Waals surface area contributed by atoms with Crippen LogP contribution in [0.15, 0.2) is 67.0 Å². The van der Waals surface area contributed by atoms with Crippen LogP contribution in [0.4, 0.5) is 4.39 Å². The Morgan fingerprint density at radius 1 is 1.20 bits per heavy atom. The fourth-order valence-corrected chi connectivity index (χ4v) is 4.50. The highest BCUT2D eigenvalue weighted by atomic mass is 19.1. The Balaban J connectivity index is 1.51. The molecule has 1 aromatic heterocycles. The number of nitrogens with one attached hydrogen (secondary N) is 1. The van der Waals surface area contributed by atoms with Crippen molar-refractivity contribution in [3.8, 4) is 11.1 Å². The van der Waals surface area contributed by atoms with Gasteiger partial charge in [0.25, 0.3) is 0 Å². The predicted molar refractivity (Wildman–Crippen MR) is 129 cm³/mol. The van der Waals surface area contributed by atoms with Crippen molar-refractivity contribution in [2.75, 3.05) is 13.2 Å². The molecular weight excluding hydrogens is 449 g/mol. The minimum Gasteiger partial charge on any atom is -0.452 e. The summed E-state index contributed by atoms with van der Waals surface area (Å²) in [5, 5.41) is 12.7. The fraction of sp³-hybridized carbons (Fsp3) is 0.296. The third-order valence-corrected chi connectivity index (χ3v) is 6.56. The van der Waals surface area contributed by atoms with Crippen LogP contribution in [-0.2, 0) is 15.1 Å². The number of benzene rings is 2. The van der Waals surface area contributed by atoms with Crippen LogP contribution in [0.5, 0.6) is 0 Å². The number of nitrogens with zero attached hydrogens (tertiary/aromatic N) is 1. The second kappa shape index (κ2) is 10.3. The number of rotatable bonds is 8. The van der Waals surface area contributed by atoms with E-state index in [1.807, 2.05) is 31.2 Å². The van der Waals surface area contributed by atoms with E-state index in [1.165, 1.54) is 18.3 Å². The minimum absolute atomic E-state index is 0.0372. The monoisotopic (exact) mass is 477 g/mol. The van der Waals surface area contributed by atoms with E-state index in [0.717, 1.165) is 16.7 Å². The number of primary amides is 1. The molecule has 1 unspecified atom stereocenters. The summed E-state index contributed by atoms with van der Waals surface area (Å²) in [7, 11) is 0. The molecule has 182 valence electrons. The highest BCUT2D eigenvalue weighted by molar-refractivity contribution is 5.93. The Hall–Kier alpha value is -3.62. The topological polar surface area (TPSA) is 115 Å². The Morgan fingerprint density at radius 2 is 1.91 bits per heavy atom. The molecule has 4 N–H and O–H groups in total. The SMILES string of the molecule is C[C@@H](c1ccc(-c2cncc(C(N)=O)c2)cc1)C1NC[C@@](CCCO)(c2ccc(F)cc2)OC1=O. The number of hydrogen-bond donors (Lipinski definition) is 3. The van der Waals surface area contributed by atoms with Crippen LogP contribution in [0, 0.1) is 5.82 Å². The summed E-state index contributed by atoms with van der Waals surface area (Å²) in [6, 6.07) is 14.7. The number of carbonyl (C=O) groups excluding carboxylic acids is 2. The zero-order valence-electron chi connectivity index (χ0n) is 19.4. The first-order chi connectivity index (χ1) is 16.8. The maximum absolute atomic E-state index is 13.5.